The van der Waals surface area contributed by atoms with E-state index in [0.29, 0.717) is 23.4 Å². The third-order valence-corrected chi connectivity index (χ3v) is 3.99. The lowest BCUT2D eigenvalue weighted by molar-refractivity contribution is -0.115. The maximum absolute atomic E-state index is 11.8. The number of amides is 1. The van der Waals surface area contributed by atoms with Gasteiger partial charge in [0.05, 0.1) is 16.7 Å². The number of nitriles is 1. The minimum Gasteiger partial charge on any atom is -0.326 e. The molecule has 0 radical (unpaired) electrons. The fourth-order valence-electron chi connectivity index (χ4n) is 1.55. The lowest BCUT2D eigenvalue weighted by Crippen LogP contribution is -2.12. The van der Waals surface area contributed by atoms with Crippen molar-refractivity contribution in [1.82, 2.24) is 4.98 Å². The molecule has 1 N–H and O–H groups in total. The molecule has 0 saturated carbocycles. The van der Waals surface area contributed by atoms with Crippen LogP contribution in [0.1, 0.15) is 12.0 Å². The normalized spacial score (nSPS) is 9.90. The number of benzene rings is 1. The molecule has 1 amide bonds. The third kappa shape index (κ3) is 5.21. The fourth-order valence-corrected chi connectivity index (χ4v) is 2.57. The highest BCUT2D eigenvalue weighted by Gasteiger charge is 2.04. The molecule has 0 aliphatic carbocycles. The van der Waals surface area contributed by atoms with Gasteiger partial charge in [-0.15, -0.1) is 11.8 Å². The Bertz CT molecular complexity index is 650. The molecule has 0 unspecified atom stereocenters. The van der Waals surface area contributed by atoms with Gasteiger partial charge in [-0.2, -0.15) is 5.26 Å². The molecule has 0 bridgehead atoms. The van der Waals surface area contributed by atoms with Crippen molar-refractivity contribution >= 4 is 39.3 Å². The highest BCUT2D eigenvalue weighted by Crippen LogP contribution is 2.18. The predicted molar refractivity (Wildman–Crippen MR) is 87.1 cm³/mol. The Morgan fingerprint density at radius 3 is 2.67 bits per heavy atom. The highest BCUT2D eigenvalue weighted by atomic mass is 79.9. The van der Waals surface area contributed by atoms with E-state index in [1.54, 1.807) is 30.5 Å². The largest absolute Gasteiger partial charge is 0.326 e. The van der Waals surface area contributed by atoms with Crippen LogP contribution in [0.4, 0.5) is 5.69 Å². The molecule has 0 fully saturated rings. The van der Waals surface area contributed by atoms with Gasteiger partial charge in [-0.05, 0) is 52.3 Å². The first-order valence-corrected chi connectivity index (χ1v) is 7.99. The zero-order valence-corrected chi connectivity index (χ0v) is 13.4. The Hall–Kier alpha value is -1.84. The lowest BCUT2D eigenvalue weighted by Gasteiger charge is -2.05. The average molecular weight is 362 g/mol. The van der Waals surface area contributed by atoms with Gasteiger partial charge >= 0.3 is 0 Å². The van der Waals surface area contributed by atoms with Crippen LogP contribution in [0.5, 0.6) is 0 Å². The Kier molecular flexibility index (Phi) is 5.78. The number of nitrogens with zero attached hydrogens (tertiary/aromatic N) is 2. The molecule has 21 heavy (non-hydrogen) atoms. The van der Waals surface area contributed by atoms with Gasteiger partial charge in [-0.3, -0.25) is 4.79 Å². The number of hydrogen-bond donors (Lipinski definition) is 1. The molecule has 0 aliphatic heterocycles. The zero-order valence-electron chi connectivity index (χ0n) is 11.0. The van der Waals surface area contributed by atoms with Crippen LogP contribution >= 0.6 is 27.7 Å². The van der Waals surface area contributed by atoms with Crippen LogP contribution in [0.2, 0.25) is 0 Å². The molecule has 0 spiro atoms. The van der Waals surface area contributed by atoms with Gasteiger partial charge in [0.2, 0.25) is 5.91 Å². The number of carbonyl (C=O) groups is 1. The molecule has 2 rings (SSSR count). The summed E-state index contributed by atoms with van der Waals surface area (Å²) in [7, 11) is 0. The molecule has 6 heteroatoms. The first-order chi connectivity index (χ1) is 10.2. The molecule has 1 heterocycles. The number of hydrogen-bond acceptors (Lipinski definition) is 4. The second-order valence-corrected chi connectivity index (χ2v) is 6.18. The van der Waals surface area contributed by atoms with Crippen molar-refractivity contribution in [2.24, 2.45) is 0 Å². The summed E-state index contributed by atoms with van der Waals surface area (Å²) in [5.41, 5.74) is 1.27. The molecule has 106 valence electrons. The van der Waals surface area contributed by atoms with E-state index < -0.39 is 0 Å². The van der Waals surface area contributed by atoms with Crippen LogP contribution < -0.4 is 5.32 Å². The summed E-state index contributed by atoms with van der Waals surface area (Å²) in [6, 6.07) is 12.7. The van der Waals surface area contributed by atoms with Crippen LogP contribution in [0, 0.1) is 11.3 Å². The predicted octanol–water partition coefficient (Wildman–Crippen LogP) is 3.84. The summed E-state index contributed by atoms with van der Waals surface area (Å²) >= 11 is 4.87. The van der Waals surface area contributed by atoms with E-state index in [0.717, 1.165) is 9.50 Å². The molecule has 0 saturated heterocycles. The number of pyridine rings is 1. The number of rotatable bonds is 5. The molecular weight excluding hydrogens is 350 g/mol. The van der Waals surface area contributed by atoms with E-state index in [1.807, 2.05) is 18.2 Å². The van der Waals surface area contributed by atoms with Crippen LogP contribution in [0.15, 0.2) is 52.1 Å². The summed E-state index contributed by atoms with van der Waals surface area (Å²) in [6.07, 6.45) is 2.14. The molecule has 0 atom stereocenters. The first kappa shape index (κ1) is 15.5. The quantitative estimate of drug-likeness (QED) is 0.821. The van der Waals surface area contributed by atoms with Gasteiger partial charge in [0, 0.05) is 28.5 Å². The van der Waals surface area contributed by atoms with E-state index in [4.69, 9.17) is 5.26 Å². The summed E-state index contributed by atoms with van der Waals surface area (Å²) < 4.78 is 0.936. The number of anilines is 1. The maximum atomic E-state index is 11.8. The minimum absolute atomic E-state index is 0.0516. The van der Waals surface area contributed by atoms with E-state index in [2.05, 4.69) is 26.2 Å². The van der Waals surface area contributed by atoms with E-state index >= 15 is 0 Å². The molecule has 1 aromatic heterocycles. The summed E-state index contributed by atoms with van der Waals surface area (Å²) in [4.78, 5) is 16.0. The number of thioether (sulfide) groups is 1. The van der Waals surface area contributed by atoms with Crippen LogP contribution in [-0.2, 0) is 4.79 Å². The first-order valence-electron chi connectivity index (χ1n) is 6.22. The second kappa shape index (κ2) is 7.81. The van der Waals surface area contributed by atoms with Crippen molar-refractivity contribution in [3.63, 3.8) is 0 Å². The minimum atomic E-state index is -0.0516. The third-order valence-electron chi connectivity index (χ3n) is 2.58. The summed E-state index contributed by atoms with van der Waals surface area (Å²) in [6.45, 7) is 0. The van der Waals surface area contributed by atoms with Gasteiger partial charge in [-0.25, -0.2) is 4.98 Å². The molecular formula is C15H12BrN3OS. The Morgan fingerprint density at radius 1 is 1.29 bits per heavy atom. The zero-order chi connectivity index (χ0) is 15.1. The van der Waals surface area contributed by atoms with E-state index in [1.165, 1.54) is 11.8 Å². The Labute approximate surface area is 135 Å². The van der Waals surface area contributed by atoms with Crippen molar-refractivity contribution in [1.29, 1.82) is 5.26 Å². The topological polar surface area (TPSA) is 65.8 Å². The lowest BCUT2D eigenvalue weighted by atomic mass is 10.2. The molecule has 1 aromatic carbocycles. The van der Waals surface area contributed by atoms with Crippen LogP contribution in [0.25, 0.3) is 0 Å². The monoisotopic (exact) mass is 361 g/mol. The SMILES string of the molecule is N#Cc1ccc(NC(=O)CCSc2ccc(Br)cn2)cc1. The summed E-state index contributed by atoms with van der Waals surface area (Å²) in [5.74, 6) is 0.612. The molecule has 2 aromatic rings. The van der Waals surface area contributed by atoms with Gasteiger partial charge in [0.15, 0.2) is 0 Å². The maximum Gasteiger partial charge on any atom is 0.225 e. The number of carbonyl (C=O) groups excluding carboxylic acids is 1. The highest BCUT2D eigenvalue weighted by molar-refractivity contribution is 9.10. The van der Waals surface area contributed by atoms with Crippen molar-refractivity contribution < 1.29 is 4.79 Å². The van der Waals surface area contributed by atoms with Crippen molar-refractivity contribution in [3.8, 4) is 6.07 Å². The van der Waals surface area contributed by atoms with E-state index in [9.17, 15) is 4.79 Å². The van der Waals surface area contributed by atoms with Gasteiger partial charge in [0.1, 0.15) is 0 Å². The Morgan fingerprint density at radius 2 is 2.05 bits per heavy atom. The van der Waals surface area contributed by atoms with Crippen molar-refractivity contribution in [2.75, 3.05) is 11.1 Å². The number of halogens is 1. The van der Waals surface area contributed by atoms with Gasteiger partial charge < -0.3 is 5.32 Å². The summed E-state index contributed by atoms with van der Waals surface area (Å²) in [5, 5.41) is 12.4. The van der Waals surface area contributed by atoms with E-state index in [-0.39, 0.29) is 5.91 Å². The van der Waals surface area contributed by atoms with Gasteiger partial charge in [-0.1, -0.05) is 0 Å². The van der Waals surface area contributed by atoms with Crippen molar-refractivity contribution in [2.45, 2.75) is 11.4 Å². The average Bonchev–Trinajstić information content (AvgIpc) is 2.50. The van der Waals surface area contributed by atoms with Crippen LogP contribution in [0.3, 0.4) is 0 Å². The molecule has 4 nitrogen and oxygen atoms in total. The number of nitrogens with one attached hydrogen (secondary N) is 1. The fraction of sp³-hybridized carbons (Fsp3) is 0.133. The molecule has 0 aliphatic rings. The van der Waals surface area contributed by atoms with Crippen LogP contribution in [-0.4, -0.2) is 16.6 Å². The number of aromatic nitrogens is 1. The smallest absolute Gasteiger partial charge is 0.225 e. The van der Waals surface area contributed by atoms with Gasteiger partial charge in [0.25, 0.3) is 0 Å². The second-order valence-electron chi connectivity index (χ2n) is 4.15. The van der Waals surface area contributed by atoms with Crippen molar-refractivity contribution in [3.05, 3.63) is 52.6 Å². The Balaban J connectivity index is 1.76. The standard InChI is InChI=1S/C15H12BrN3OS/c16-12-3-6-15(18-10-12)21-8-7-14(20)19-13-4-1-11(9-17)2-5-13/h1-6,10H,7-8H2,(H,19,20).